The van der Waals surface area contributed by atoms with E-state index in [2.05, 4.69) is 14.7 Å². The Kier molecular flexibility index (Phi) is 3.27. The molecule has 20 heavy (non-hydrogen) atoms. The summed E-state index contributed by atoms with van der Waals surface area (Å²) in [6.07, 6.45) is 0.813. The van der Waals surface area contributed by atoms with Crippen LogP contribution in [0.2, 0.25) is 0 Å². The number of fused-ring (bicyclic) bond motifs is 1. The third kappa shape index (κ3) is 2.32. The number of aromatic nitrogens is 2. The highest BCUT2D eigenvalue weighted by atomic mass is 32.1. The van der Waals surface area contributed by atoms with Crippen LogP contribution in [-0.2, 0) is 11.2 Å². The molecule has 1 aromatic heterocycles. The van der Waals surface area contributed by atoms with Crippen LogP contribution in [0.4, 0.5) is 16.5 Å². The van der Waals surface area contributed by atoms with Gasteiger partial charge in [0.2, 0.25) is 5.13 Å². The molecule has 0 bridgehead atoms. The van der Waals surface area contributed by atoms with E-state index in [0.717, 1.165) is 28.8 Å². The molecule has 0 unspecified atom stereocenters. The minimum Gasteiger partial charge on any atom is -0.482 e. The van der Waals surface area contributed by atoms with Crippen molar-refractivity contribution >= 4 is 33.9 Å². The van der Waals surface area contributed by atoms with E-state index in [-0.39, 0.29) is 12.5 Å². The van der Waals surface area contributed by atoms with Gasteiger partial charge < -0.3 is 15.0 Å². The molecular formula is C13H14N4O2S. The number of amides is 1. The predicted molar refractivity (Wildman–Crippen MR) is 77.9 cm³/mol. The van der Waals surface area contributed by atoms with Crippen molar-refractivity contribution in [1.29, 1.82) is 0 Å². The third-order valence-corrected chi connectivity index (χ3v) is 3.75. The molecule has 3 rings (SSSR count). The molecule has 1 aliphatic heterocycles. The lowest BCUT2D eigenvalue weighted by molar-refractivity contribution is -0.120. The van der Waals surface area contributed by atoms with E-state index < -0.39 is 0 Å². The minimum atomic E-state index is -0.0566. The molecule has 0 fully saturated rings. The highest BCUT2D eigenvalue weighted by molar-refractivity contribution is 7.09. The monoisotopic (exact) mass is 290 g/mol. The number of carbonyl (C=O) groups is 1. The maximum Gasteiger partial charge on any atom is 0.264 e. The van der Waals surface area contributed by atoms with E-state index in [1.54, 1.807) is 11.9 Å². The average molecular weight is 290 g/mol. The number of rotatable bonds is 3. The Labute approximate surface area is 120 Å². The van der Waals surface area contributed by atoms with Crippen molar-refractivity contribution in [3.63, 3.8) is 0 Å². The van der Waals surface area contributed by atoms with Gasteiger partial charge in [0.05, 0.1) is 5.69 Å². The van der Waals surface area contributed by atoms with Crippen LogP contribution >= 0.6 is 11.5 Å². The van der Waals surface area contributed by atoms with Crippen LogP contribution in [0.1, 0.15) is 12.7 Å². The lowest BCUT2D eigenvalue weighted by atomic mass is 10.2. The number of aryl methyl sites for hydroxylation is 1. The number of anilines is 3. The highest BCUT2D eigenvalue weighted by Crippen LogP contribution is 2.34. The molecule has 0 aliphatic carbocycles. The Morgan fingerprint density at radius 3 is 3.10 bits per heavy atom. The number of hydrogen-bond acceptors (Lipinski definition) is 6. The first-order chi connectivity index (χ1) is 9.67. The molecule has 1 amide bonds. The largest absolute Gasteiger partial charge is 0.482 e. The molecule has 1 aliphatic rings. The van der Waals surface area contributed by atoms with Crippen LogP contribution in [0.3, 0.4) is 0 Å². The van der Waals surface area contributed by atoms with Gasteiger partial charge in [0, 0.05) is 30.7 Å². The molecule has 0 atom stereocenters. The quantitative estimate of drug-likeness (QED) is 0.938. The number of likely N-dealkylation sites (N-methyl/N-ethyl adjacent to an activating group) is 1. The lowest BCUT2D eigenvalue weighted by Gasteiger charge is -2.26. The molecule has 6 nitrogen and oxygen atoms in total. The Morgan fingerprint density at radius 1 is 1.50 bits per heavy atom. The van der Waals surface area contributed by atoms with E-state index in [1.807, 2.05) is 25.1 Å². The molecule has 1 aromatic carbocycles. The van der Waals surface area contributed by atoms with Crippen LogP contribution < -0.4 is 15.0 Å². The topological polar surface area (TPSA) is 67.4 Å². The van der Waals surface area contributed by atoms with Crippen LogP contribution in [0.25, 0.3) is 0 Å². The Morgan fingerprint density at radius 2 is 2.35 bits per heavy atom. The molecule has 0 saturated carbocycles. The summed E-state index contributed by atoms with van der Waals surface area (Å²) in [5.74, 6) is 1.48. The Balaban J connectivity index is 1.86. The van der Waals surface area contributed by atoms with Gasteiger partial charge in [0.1, 0.15) is 11.6 Å². The summed E-state index contributed by atoms with van der Waals surface area (Å²) in [5.41, 5.74) is 1.61. The summed E-state index contributed by atoms with van der Waals surface area (Å²) in [7, 11) is 1.74. The number of ether oxygens (including phenoxy) is 1. The maximum atomic E-state index is 11.6. The fourth-order valence-electron chi connectivity index (χ4n) is 1.92. The summed E-state index contributed by atoms with van der Waals surface area (Å²) in [5, 5.41) is 3.94. The Bertz CT molecular complexity index is 656. The predicted octanol–water partition coefficient (Wildman–Crippen LogP) is 2.20. The van der Waals surface area contributed by atoms with Crippen molar-refractivity contribution in [3.05, 3.63) is 24.0 Å². The number of nitrogens with zero attached hydrogens (tertiary/aromatic N) is 3. The van der Waals surface area contributed by atoms with Crippen molar-refractivity contribution in [2.24, 2.45) is 0 Å². The van der Waals surface area contributed by atoms with Gasteiger partial charge in [-0.2, -0.15) is 4.37 Å². The van der Waals surface area contributed by atoms with Crippen LogP contribution in [0.15, 0.2) is 18.2 Å². The second-order valence-electron chi connectivity index (χ2n) is 4.42. The SMILES string of the molecule is CCc1nsc(Nc2ccc3c(c2)N(C)C(=O)CO3)n1. The molecule has 104 valence electrons. The van der Waals surface area contributed by atoms with Gasteiger partial charge in [-0.25, -0.2) is 4.98 Å². The van der Waals surface area contributed by atoms with Gasteiger partial charge in [-0.3, -0.25) is 4.79 Å². The van der Waals surface area contributed by atoms with E-state index in [9.17, 15) is 4.79 Å². The van der Waals surface area contributed by atoms with E-state index in [0.29, 0.717) is 5.75 Å². The van der Waals surface area contributed by atoms with Crippen molar-refractivity contribution < 1.29 is 9.53 Å². The maximum absolute atomic E-state index is 11.6. The zero-order valence-corrected chi connectivity index (χ0v) is 12.0. The molecule has 2 heterocycles. The standard InChI is InChI=1S/C13H14N4O2S/c1-3-11-15-13(20-16-11)14-8-4-5-10-9(6-8)17(2)12(18)7-19-10/h4-6H,3,7H2,1-2H3,(H,14,15,16). The third-order valence-electron chi connectivity index (χ3n) is 3.08. The Hall–Kier alpha value is -2.15. The summed E-state index contributed by atoms with van der Waals surface area (Å²) in [4.78, 5) is 17.6. The number of carbonyl (C=O) groups excluding carboxylic acids is 1. The van der Waals surface area contributed by atoms with Crippen molar-refractivity contribution in [2.75, 3.05) is 23.9 Å². The van der Waals surface area contributed by atoms with Gasteiger partial charge in [0.25, 0.3) is 5.91 Å². The molecular weight excluding hydrogens is 276 g/mol. The fourth-order valence-corrected chi connectivity index (χ4v) is 2.59. The van der Waals surface area contributed by atoms with Gasteiger partial charge in [0.15, 0.2) is 6.61 Å². The number of nitrogens with one attached hydrogen (secondary N) is 1. The van der Waals surface area contributed by atoms with Gasteiger partial charge in [-0.1, -0.05) is 6.92 Å². The summed E-state index contributed by atoms with van der Waals surface area (Å²) >= 11 is 1.32. The summed E-state index contributed by atoms with van der Waals surface area (Å²) in [6.45, 7) is 2.11. The summed E-state index contributed by atoms with van der Waals surface area (Å²) in [6, 6.07) is 5.62. The molecule has 0 saturated heterocycles. The first kappa shape index (κ1) is 12.9. The zero-order valence-electron chi connectivity index (χ0n) is 11.2. The van der Waals surface area contributed by atoms with Crippen molar-refractivity contribution in [3.8, 4) is 5.75 Å². The minimum absolute atomic E-state index is 0.0566. The number of hydrogen-bond donors (Lipinski definition) is 1. The molecule has 7 heteroatoms. The van der Waals surface area contributed by atoms with Crippen molar-refractivity contribution in [1.82, 2.24) is 9.36 Å². The molecule has 0 spiro atoms. The van der Waals surface area contributed by atoms with Gasteiger partial charge in [-0.05, 0) is 18.2 Å². The normalized spacial score (nSPS) is 13.9. The van der Waals surface area contributed by atoms with Crippen LogP contribution in [0.5, 0.6) is 5.75 Å². The summed E-state index contributed by atoms with van der Waals surface area (Å²) < 4.78 is 9.61. The molecule has 2 aromatic rings. The van der Waals surface area contributed by atoms with E-state index in [4.69, 9.17) is 4.74 Å². The second kappa shape index (κ2) is 5.09. The van der Waals surface area contributed by atoms with E-state index >= 15 is 0 Å². The van der Waals surface area contributed by atoms with Gasteiger partial charge >= 0.3 is 0 Å². The first-order valence-electron chi connectivity index (χ1n) is 6.30. The zero-order chi connectivity index (χ0) is 14.1. The fraction of sp³-hybridized carbons (Fsp3) is 0.308. The number of benzene rings is 1. The molecule has 0 radical (unpaired) electrons. The lowest BCUT2D eigenvalue weighted by Crippen LogP contribution is -2.35. The van der Waals surface area contributed by atoms with Crippen LogP contribution in [-0.4, -0.2) is 28.9 Å². The van der Waals surface area contributed by atoms with Gasteiger partial charge in [-0.15, -0.1) is 0 Å². The second-order valence-corrected chi connectivity index (χ2v) is 5.17. The van der Waals surface area contributed by atoms with Crippen molar-refractivity contribution in [2.45, 2.75) is 13.3 Å². The highest BCUT2D eigenvalue weighted by Gasteiger charge is 2.22. The average Bonchev–Trinajstić information content (AvgIpc) is 2.91. The smallest absolute Gasteiger partial charge is 0.264 e. The van der Waals surface area contributed by atoms with Crippen LogP contribution in [0, 0.1) is 0 Å². The first-order valence-corrected chi connectivity index (χ1v) is 7.07. The van der Waals surface area contributed by atoms with E-state index in [1.165, 1.54) is 11.5 Å². The molecule has 1 N–H and O–H groups in total.